The molecule has 1 amide bonds. The number of carbonyl (C=O) groups excluding carboxylic acids is 2. The highest BCUT2D eigenvalue weighted by Crippen LogP contribution is 2.22. The van der Waals surface area contributed by atoms with Gasteiger partial charge in [0, 0.05) is 53.1 Å². The second-order valence-corrected chi connectivity index (χ2v) is 11.0. The van der Waals surface area contributed by atoms with Gasteiger partial charge in [-0.05, 0) is 85.6 Å². The Labute approximate surface area is 276 Å². The fourth-order valence-corrected chi connectivity index (χ4v) is 4.62. The minimum atomic E-state index is -0.253. The lowest BCUT2D eigenvalue weighted by Gasteiger charge is -2.12. The molecule has 12 nitrogen and oxygen atoms in total. The number of aromatic nitrogens is 3. The normalized spacial score (nSPS) is 10.8. The molecule has 0 aliphatic carbocycles. The summed E-state index contributed by atoms with van der Waals surface area (Å²) in [7, 11) is 0. The molecule has 1 heterocycles. The first kappa shape index (κ1) is 34.4. The molecule has 0 atom stereocenters. The monoisotopic (exact) mass is 667 g/mol. The zero-order valence-corrected chi connectivity index (χ0v) is 26.7. The lowest BCUT2D eigenvalue weighted by Crippen LogP contribution is -2.22. The lowest BCUT2D eigenvalue weighted by atomic mass is 10.1. The van der Waals surface area contributed by atoms with Crippen LogP contribution in [0.5, 0.6) is 5.75 Å². The fraction of sp³-hybridized carbons (Fsp3) is 0.281. The van der Waals surface area contributed by atoms with Crippen molar-refractivity contribution in [2.45, 2.75) is 26.3 Å². The van der Waals surface area contributed by atoms with Crippen molar-refractivity contribution < 1.29 is 24.2 Å². The predicted molar refractivity (Wildman–Crippen MR) is 179 cm³/mol. The molecule has 0 spiro atoms. The maximum atomic E-state index is 12.7. The van der Waals surface area contributed by atoms with Crippen molar-refractivity contribution in [3.63, 3.8) is 0 Å². The van der Waals surface area contributed by atoms with E-state index < -0.39 is 0 Å². The quantitative estimate of drug-likeness (QED) is 0.0615. The van der Waals surface area contributed by atoms with E-state index in [9.17, 15) is 14.7 Å². The van der Waals surface area contributed by atoms with Crippen molar-refractivity contribution >= 4 is 64.1 Å². The van der Waals surface area contributed by atoms with Gasteiger partial charge in [0.05, 0.1) is 19.8 Å². The number of carbonyl (C=O) groups is 2. The topological polar surface area (TPSA) is 160 Å². The van der Waals surface area contributed by atoms with Crippen LogP contribution in [0.25, 0.3) is 0 Å². The molecular formula is C32H35Cl2N7O5. The molecule has 4 aromatic rings. The zero-order chi connectivity index (χ0) is 32.7. The van der Waals surface area contributed by atoms with Crippen LogP contribution in [0.2, 0.25) is 10.0 Å². The van der Waals surface area contributed by atoms with Crippen LogP contribution in [-0.2, 0) is 20.8 Å². The number of rotatable bonds is 18. The van der Waals surface area contributed by atoms with E-state index in [1.807, 2.05) is 0 Å². The van der Waals surface area contributed by atoms with Gasteiger partial charge in [-0.25, -0.2) is 0 Å². The van der Waals surface area contributed by atoms with Gasteiger partial charge in [-0.2, -0.15) is 15.0 Å². The molecule has 14 heteroatoms. The Hall–Kier alpha value is -4.49. The fourth-order valence-electron chi connectivity index (χ4n) is 4.05. The molecule has 1 aromatic heterocycles. The summed E-state index contributed by atoms with van der Waals surface area (Å²) in [5.41, 5.74) is 2.58. The van der Waals surface area contributed by atoms with E-state index in [2.05, 4.69) is 36.2 Å². The van der Waals surface area contributed by atoms with Crippen molar-refractivity contribution in [2.24, 2.45) is 0 Å². The molecule has 3 aromatic carbocycles. The number of hydrogen-bond donors (Lipinski definition) is 5. The molecule has 0 saturated heterocycles. The van der Waals surface area contributed by atoms with Gasteiger partial charge >= 0.3 is 0 Å². The van der Waals surface area contributed by atoms with E-state index in [4.69, 9.17) is 32.7 Å². The Morgan fingerprint density at radius 1 is 0.761 bits per heavy atom. The number of benzene rings is 3. The summed E-state index contributed by atoms with van der Waals surface area (Å²) in [6.07, 6.45) is 1.22. The highest BCUT2D eigenvalue weighted by molar-refractivity contribution is 6.34. The SMILES string of the molecule is CC(=O)CCCOCCOCCNc1nc(Nc2ccc(O)cc2)nc(Nc2ccc(C(=O)NCc3cc(Cl)cc(Cl)c3)cc2)n1. The molecule has 0 aliphatic rings. The van der Waals surface area contributed by atoms with Crippen molar-refractivity contribution in [3.05, 3.63) is 87.9 Å². The van der Waals surface area contributed by atoms with E-state index in [0.717, 1.165) is 5.56 Å². The number of hydrogen-bond acceptors (Lipinski definition) is 11. The molecule has 0 radical (unpaired) electrons. The van der Waals surface area contributed by atoms with Crippen molar-refractivity contribution in [2.75, 3.05) is 48.9 Å². The van der Waals surface area contributed by atoms with Gasteiger partial charge in [-0.3, -0.25) is 4.79 Å². The summed E-state index contributed by atoms with van der Waals surface area (Å²) >= 11 is 12.1. The molecule has 0 saturated carbocycles. The average molecular weight is 669 g/mol. The summed E-state index contributed by atoms with van der Waals surface area (Å²) in [5, 5.41) is 22.8. The molecule has 242 valence electrons. The molecule has 0 unspecified atom stereocenters. The molecule has 46 heavy (non-hydrogen) atoms. The molecule has 0 fully saturated rings. The van der Waals surface area contributed by atoms with E-state index in [-0.39, 0.29) is 35.9 Å². The molecule has 0 aliphatic heterocycles. The van der Waals surface area contributed by atoms with Crippen LogP contribution in [-0.4, -0.2) is 64.7 Å². The van der Waals surface area contributed by atoms with Crippen molar-refractivity contribution in [1.29, 1.82) is 0 Å². The Morgan fingerprint density at radius 2 is 1.33 bits per heavy atom. The number of nitrogens with zero attached hydrogens (tertiary/aromatic N) is 3. The number of ketones is 1. The summed E-state index contributed by atoms with van der Waals surface area (Å²) in [6, 6.07) is 18.5. The number of Topliss-reactive ketones (excluding diaryl/α,β-unsaturated/α-hetero) is 1. The molecule has 0 bridgehead atoms. The van der Waals surface area contributed by atoms with Crippen molar-refractivity contribution in [3.8, 4) is 5.75 Å². The standard InChI is InChI=1S/C32H35Cl2N7O5/c1-21(42)3-2-13-45-15-16-46-14-12-35-30-39-31(41-32(40-30)38-27-8-10-28(43)11-9-27)37-26-6-4-23(5-7-26)29(44)36-20-22-17-24(33)19-25(34)18-22/h4-11,17-19,43H,2-3,12-16,20H2,1H3,(H,36,44)(H3,35,37,38,39,40,41). The third kappa shape index (κ3) is 12.1. The minimum absolute atomic E-state index is 0.137. The maximum Gasteiger partial charge on any atom is 0.251 e. The van der Waals surface area contributed by atoms with E-state index >= 15 is 0 Å². The number of aromatic hydroxyl groups is 1. The van der Waals surface area contributed by atoms with Gasteiger partial charge < -0.3 is 40.6 Å². The summed E-state index contributed by atoms with van der Waals surface area (Å²) < 4.78 is 11.1. The lowest BCUT2D eigenvalue weighted by molar-refractivity contribution is -0.117. The second kappa shape index (κ2) is 17.9. The summed E-state index contributed by atoms with van der Waals surface area (Å²) in [6.45, 7) is 4.04. The largest absolute Gasteiger partial charge is 0.508 e. The van der Waals surface area contributed by atoms with E-state index in [1.165, 1.54) is 0 Å². The summed E-state index contributed by atoms with van der Waals surface area (Å²) in [5.74, 6) is 0.866. The smallest absolute Gasteiger partial charge is 0.251 e. The van der Waals surface area contributed by atoms with Crippen LogP contribution in [0.3, 0.4) is 0 Å². The number of phenols is 1. The van der Waals surface area contributed by atoms with Gasteiger partial charge in [0.25, 0.3) is 5.91 Å². The number of anilines is 5. The molecule has 4 rings (SSSR count). The molecule has 5 N–H and O–H groups in total. The number of amides is 1. The highest BCUT2D eigenvalue weighted by Gasteiger charge is 2.10. The van der Waals surface area contributed by atoms with E-state index in [0.29, 0.717) is 78.7 Å². The van der Waals surface area contributed by atoms with Crippen molar-refractivity contribution in [1.82, 2.24) is 20.3 Å². The number of nitrogens with one attached hydrogen (secondary N) is 4. The number of phenolic OH excluding ortho intramolecular Hbond substituents is 1. The highest BCUT2D eigenvalue weighted by atomic mass is 35.5. The first-order chi connectivity index (χ1) is 22.2. The van der Waals surface area contributed by atoms with Gasteiger partial charge in [0.1, 0.15) is 11.5 Å². The first-order valence-corrected chi connectivity index (χ1v) is 15.3. The minimum Gasteiger partial charge on any atom is -0.508 e. The Kier molecular flexibility index (Phi) is 13.3. The van der Waals surface area contributed by atoms with Crippen LogP contribution in [0.1, 0.15) is 35.7 Å². The Balaban J connectivity index is 1.33. The predicted octanol–water partition coefficient (Wildman–Crippen LogP) is 6.12. The Morgan fingerprint density at radius 3 is 1.93 bits per heavy atom. The van der Waals surface area contributed by atoms with Crippen LogP contribution in [0.15, 0.2) is 66.7 Å². The van der Waals surface area contributed by atoms with E-state index in [1.54, 1.807) is 73.7 Å². The first-order valence-electron chi connectivity index (χ1n) is 14.5. The third-order valence-corrected chi connectivity index (χ3v) is 6.69. The van der Waals surface area contributed by atoms with Crippen LogP contribution < -0.4 is 21.3 Å². The average Bonchev–Trinajstić information content (AvgIpc) is 3.01. The van der Waals surface area contributed by atoms with Gasteiger partial charge in [0.2, 0.25) is 17.8 Å². The van der Waals surface area contributed by atoms with Gasteiger partial charge in [0.15, 0.2) is 0 Å². The zero-order valence-electron chi connectivity index (χ0n) is 25.2. The van der Waals surface area contributed by atoms with Crippen LogP contribution in [0, 0.1) is 0 Å². The summed E-state index contributed by atoms with van der Waals surface area (Å²) in [4.78, 5) is 37.1. The maximum absolute atomic E-state index is 12.7. The Bertz CT molecular complexity index is 1570. The number of halogens is 2. The number of ether oxygens (including phenoxy) is 2. The van der Waals surface area contributed by atoms with Crippen LogP contribution >= 0.6 is 23.2 Å². The second-order valence-electron chi connectivity index (χ2n) is 10.1. The van der Waals surface area contributed by atoms with Gasteiger partial charge in [-0.15, -0.1) is 0 Å². The molecular weight excluding hydrogens is 633 g/mol. The third-order valence-electron chi connectivity index (χ3n) is 6.26. The van der Waals surface area contributed by atoms with Gasteiger partial charge in [-0.1, -0.05) is 23.2 Å². The van der Waals surface area contributed by atoms with Crippen LogP contribution in [0.4, 0.5) is 29.2 Å².